The smallest absolute Gasteiger partial charge is 0.0254 e. The predicted octanol–water partition coefficient (Wildman–Crippen LogP) is 2.34. The van der Waals surface area contributed by atoms with Crippen LogP contribution in [-0.4, -0.2) is 47.1 Å². The van der Waals surface area contributed by atoms with Gasteiger partial charge < -0.3 is 0 Å². The summed E-state index contributed by atoms with van der Waals surface area (Å²) in [5.74, 6) is 0. The predicted molar refractivity (Wildman–Crippen MR) is 65.1 cm³/mol. The Labute approximate surface area is 94.6 Å². The first-order chi connectivity index (χ1) is 7.11. The fourth-order valence-corrected chi connectivity index (χ4v) is 3.54. The van der Waals surface area contributed by atoms with E-state index in [9.17, 15) is 0 Å². The van der Waals surface area contributed by atoms with Crippen LogP contribution in [-0.2, 0) is 0 Å². The van der Waals surface area contributed by atoms with Gasteiger partial charge in [-0.15, -0.1) is 0 Å². The Bertz CT molecular complexity index is 191. The molecule has 2 rings (SSSR count). The average molecular weight is 210 g/mol. The molecule has 0 N–H and O–H groups in total. The Balaban J connectivity index is 2.09. The van der Waals surface area contributed by atoms with E-state index in [-0.39, 0.29) is 0 Å². The van der Waals surface area contributed by atoms with Crippen molar-refractivity contribution < 1.29 is 0 Å². The van der Waals surface area contributed by atoms with E-state index in [4.69, 9.17) is 0 Å². The molecule has 0 radical (unpaired) electrons. The highest BCUT2D eigenvalue weighted by Gasteiger charge is 2.40. The van der Waals surface area contributed by atoms with Gasteiger partial charge in [0.1, 0.15) is 0 Å². The SMILES string of the molecule is CC(C)N1CCN(C(C)C)[C@H]2CCC[C@H]21. The molecule has 0 aromatic heterocycles. The van der Waals surface area contributed by atoms with E-state index in [1.807, 2.05) is 0 Å². The summed E-state index contributed by atoms with van der Waals surface area (Å²) in [5.41, 5.74) is 0. The molecule has 1 saturated heterocycles. The van der Waals surface area contributed by atoms with E-state index in [2.05, 4.69) is 37.5 Å². The van der Waals surface area contributed by atoms with Crippen LogP contribution in [0.2, 0.25) is 0 Å². The first kappa shape index (κ1) is 11.4. The summed E-state index contributed by atoms with van der Waals surface area (Å²) < 4.78 is 0. The lowest BCUT2D eigenvalue weighted by Crippen LogP contribution is -2.60. The maximum Gasteiger partial charge on any atom is 0.0254 e. The van der Waals surface area contributed by atoms with Crippen molar-refractivity contribution in [1.29, 1.82) is 0 Å². The van der Waals surface area contributed by atoms with Crippen LogP contribution in [0.4, 0.5) is 0 Å². The van der Waals surface area contributed by atoms with E-state index in [0.717, 1.165) is 24.2 Å². The molecule has 0 aromatic carbocycles. The second kappa shape index (κ2) is 4.42. The van der Waals surface area contributed by atoms with Gasteiger partial charge in [0, 0.05) is 37.3 Å². The highest BCUT2D eigenvalue weighted by molar-refractivity contribution is 4.97. The van der Waals surface area contributed by atoms with Crippen molar-refractivity contribution in [3.63, 3.8) is 0 Å². The van der Waals surface area contributed by atoms with Gasteiger partial charge in [0.05, 0.1) is 0 Å². The first-order valence-electron chi connectivity index (χ1n) is 6.62. The molecule has 1 aliphatic heterocycles. The summed E-state index contributed by atoms with van der Waals surface area (Å²) in [4.78, 5) is 5.47. The minimum absolute atomic E-state index is 0.727. The minimum Gasteiger partial charge on any atom is -0.295 e. The van der Waals surface area contributed by atoms with Crippen LogP contribution in [0.5, 0.6) is 0 Å². The third-order valence-electron chi connectivity index (χ3n) is 4.24. The van der Waals surface area contributed by atoms with E-state index >= 15 is 0 Å². The van der Waals surface area contributed by atoms with Gasteiger partial charge in [-0.2, -0.15) is 0 Å². The molecule has 2 fully saturated rings. The van der Waals surface area contributed by atoms with Gasteiger partial charge >= 0.3 is 0 Å². The molecular formula is C13H26N2. The van der Waals surface area contributed by atoms with Crippen molar-refractivity contribution in [2.75, 3.05) is 13.1 Å². The second-order valence-corrected chi connectivity index (χ2v) is 5.73. The van der Waals surface area contributed by atoms with Crippen molar-refractivity contribution in [2.45, 2.75) is 71.1 Å². The fourth-order valence-electron chi connectivity index (χ4n) is 3.54. The van der Waals surface area contributed by atoms with Crippen LogP contribution in [0.15, 0.2) is 0 Å². The summed E-state index contributed by atoms with van der Waals surface area (Å²) in [6, 6.07) is 3.15. The van der Waals surface area contributed by atoms with Crippen molar-refractivity contribution in [3.8, 4) is 0 Å². The topological polar surface area (TPSA) is 6.48 Å². The Morgan fingerprint density at radius 3 is 1.53 bits per heavy atom. The van der Waals surface area contributed by atoms with Gasteiger partial charge in [-0.25, -0.2) is 0 Å². The summed E-state index contributed by atoms with van der Waals surface area (Å²) in [7, 11) is 0. The zero-order valence-electron chi connectivity index (χ0n) is 10.7. The highest BCUT2D eigenvalue weighted by atomic mass is 15.3. The molecule has 1 aliphatic carbocycles. The largest absolute Gasteiger partial charge is 0.295 e. The average Bonchev–Trinajstić information content (AvgIpc) is 2.63. The Morgan fingerprint density at radius 2 is 1.20 bits per heavy atom. The van der Waals surface area contributed by atoms with Gasteiger partial charge in [-0.05, 0) is 40.5 Å². The molecular weight excluding hydrogens is 184 g/mol. The molecule has 2 aliphatic rings. The number of hydrogen-bond donors (Lipinski definition) is 0. The lowest BCUT2D eigenvalue weighted by molar-refractivity contribution is 0.00129. The van der Waals surface area contributed by atoms with Crippen LogP contribution in [0, 0.1) is 0 Å². The third-order valence-corrected chi connectivity index (χ3v) is 4.24. The van der Waals surface area contributed by atoms with Crippen molar-refractivity contribution >= 4 is 0 Å². The molecule has 0 spiro atoms. The van der Waals surface area contributed by atoms with Crippen molar-refractivity contribution in [3.05, 3.63) is 0 Å². The van der Waals surface area contributed by atoms with Gasteiger partial charge in [-0.1, -0.05) is 6.42 Å². The van der Waals surface area contributed by atoms with Crippen molar-refractivity contribution in [1.82, 2.24) is 9.80 Å². The van der Waals surface area contributed by atoms with Crippen LogP contribution in [0.25, 0.3) is 0 Å². The lowest BCUT2D eigenvalue weighted by Gasteiger charge is -2.48. The van der Waals surface area contributed by atoms with Crippen LogP contribution >= 0.6 is 0 Å². The highest BCUT2D eigenvalue weighted by Crippen LogP contribution is 2.33. The minimum atomic E-state index is 0.727. The molecule has 1 heterocycles. The zero-order valence-corrected chi connectivity index (χ0v) is 10.7. The molecule has 15 heavy (non-hydrogen) atoms. The number of nitrogens with zero attached hydrogens (tertiary/aromatic N) is 2. The molecule has 1 saturated carbocycles. The first-order valence-corrected chi connectivity index (χ1v) is 6.62. The summed E-state index contributed by atoms with van der Waals surface area (Å²) in [6.07, 6.45) is 4.28. The van der Waals surface area contributed by atoms with Gasteiger partial charge in [0.15, 0.2) is 0 Å². The zero-order chi connectivity index (χ0) is 11.0. The molecule has 2 atom stereocenters. The van der Waals surface area contributed by atoms with Gasteiger partial charge in [0.2, 0.25) is 0 Å². The molecule has 88 valence electrons. The normalized spacial score (nSPS) is 34.0. The van der Waals surface area contributed by atoms with E-state index in [1.165, 1.54) is 32.4 Å². The Morgan fingerprint density at radius 1 is 0.800 bits per heavy atom. The second-order valence-electron chi connectivity index (χ2n) is 5.73. The molecule has 2 heteroatoms. The van der Waals surface area contributed by atoms with E-state index in [1.54, 1.807) is 0 Å². The van der Waals surface area contributed by atoms with Crippen LogP contribution < -0.4 is 0 Å². The number of rotatable bonds is 2. The summed E-state index contributed by atoms with van der Waals surface area (Å²) in [5, 5.41) is 0. The quantitative estimate of drug-likeness (QED) is 0.690. The standard InChI is InChI=1S/C13H26N2/c1-10(2)14-8-9-15(11(3)4)13-7-5-6-12(13)14/h10-13H,5-9H2,1-4H3/t12-,13+. The summed E-state index contributed by atoms with van der Waals surface area (Å²) >= 11 is 0. The lowest BCUT2D eigenvalue weighted by atomic mass is 10.0. The van der Waals surface area contributed by atoms with Crippen LogP contribution in [0.3, 0.4) is 0 Å². The third kappa shape index (κ3) is 2.07. The number of hydrogen-bond acceptors (Lipinski definition) is 2. The van der Waals surface area contributed by atoms with Gasteiger partial charge in [0.25, 0.3) is 0 Å². The van der Waals surface area contributed by atoms with E-state index in [0.29, 0.717) is 0 Å². The fraction of sp³-hybridized carbons (Fsp3) is 1.00. The molecule has 0 aromatic rings. The molecule has 0 amide bonds. The monoisotopic (exact) mass is 210 g/mol. The maximum atomic E-state index is 2.73. The number of piperazine rings is 1. The number of fused-ring (bicyclic) bond motifs is 1. The molecule has 2 nitrogen and oxygen atoms in total. The van der Waals surface area contributed by atoms with Crippen LogP contribution in [0.1, 0.15) is 47.0 Å². The van der Waals surface area contributed by atoms with E-state index < -0.39 is 0 Å². The molecule has 0 unspecified atom stereocenters. The molecule has 0 bridgehead atoms. The van der Waals surface area contributed by atoms with Crippen molar-refractivity contribution in [2.24, 2.45) is 0 Å². The van der Waals surface area contributed by atoms with Gasteiger partial charge in [-0.3, -0.25) is 9.80 Å². The maximum absolute atomic E-state index is 2.73. The summed E-state index contributed by atoms with van der Waals surface area (Å²) in [6.45, 7) is 11.9. The Kier molecular flexibility index (Phi) is 3.36. The Hall–Kier alpha value is -0.0800.